The van der Waals surface area contributed by atoms with Crippen molar-refractivity contribution in [2.75, 3.05) is 12.0 Å². The summed E-state index contributed by atoms with van der Waals surface area (Å²) in [4.78, 5) is 11.8. The summed E-state index contributed by atoms with van der Waals surface area (Å²) in [6, 6.07) is 7.24. The fraction of sp³-hybridized carbons (Fsp3) is 0.562. The number of nitrogens with one attached hydrogen (secondary N) is 1. The first kappa shape index (κ1) is 18.6. The van der Waals surface area contributed by atoms with Gasteiger partial charge in [-0.1, -0.05) is 45.0 Å². The highest BCUT2D eigenvalue weighted by Crippen LogP contribution is 2.22. The Morgan fingerprint density at radius 1 is 1.23 bits per heavy atom. The van der Waals surface area contributed by atoms with Crippen molar-refractivity contribution < 1.29 is 13.2 Å². The molecule has 6 heteroatoms. The molecule has 0 fully saturated rings. The van der Waals surface area contributed by atoms with E-state index in [1.807, 2.05) is 24.3 Å². The third-order valence-electron chi connectivity index (χ3n) is 3.42. The van der Waals surface area contributed by atoms with E-state index >= 15 is 0 Å². The van der Waals surface area contributed by atoms with Crippen LogP contribution in [-0.2, 0) is 26.6 Å². The average molecular weight is 326 g/mol. The van der Waals surface area contributed by atoms with Crippen LogP contribution in [0.4, 0.5) is 0 Å². The molecule has 5 nitrogen and oxygen atoms in total. The lowest BCUT2D eigenvalue weighted by Gasteiger charge is -2.19. The molecule has 0 saturated carbocycles. The molecule has 22 heavy (non-hydrogen) atoms. The first-order chi connectivity index (χ1) is 9.99. The Morgan fingerprint density at radius 2 is 1.77 bits per heavy atom. The van der Waals surface area contributed by atoms with Crippen LogP contribution >= 0.6 is 0 Å². The molecule has 0 spiro atoms. The summed E-state index contributed by atoms with van der Waals surface area (Å²) in [6.07, 6.45) is 1.27. The van der Waals surface area contributed by atoms with Gasteiger partial charge in [-0.05, 0) is 23.0 Å². The molecule has 1 atom stereocenters. The van der Waals surface area contributed by atoms with Crippen molar-refractivity contribution in [3.05, 3.63) is 35.4 Å². The molecule has 0 aliphatic carbocycles. The number of benzene rings is 1. The standard InChI is InChI=1S/C16H26N2O3S/c1-16(2,3)13-7-5-12(6-8-13)11-18-15(19)14(17)9-10-22(4,20)21/h5-8,14H,9-11,17H2,1-4H3,(H,18,19). The molecular weight excluding hydrogens is 300 g/mol. The molecule has 1 amide bonds. The van der Waals surface area contributed by atoms with Gasteiger partial charge >= 0.3 is 0 Å². The Morgan fingerprint density at radius 3 is 2.23 bits per heavy atom. The first-order valence-electron chi connectivity index (χ1n) is 7.29. The van der Waals surface area contributed by atoms with Crippen molar-refractivity contribution in [2.45, 2.75) is 45.2 Å². The monoisotopic (exact) mass is 326 g/mol. The van der Waals surface area contributed by atoms with Crippen LogP contribution in [0.15, 0.2) is 24.3 Å². The summed E-state index contributed by atoms with van der Waals surface area (Å²) >= 11 is 0. The molecule has 1 aromatic rings. The molecule has 3 N–H and O–H groups in total. The van der Waals surface area contributed by atoms with Crippen LogP contribution in [0.5, 0.6) is 0 Å². The van der Waals surface area contributed by atoms with Crippen LogP contribution in [0.25, 0.3) is 0 Å². The van der Waals surface area contributed by atoms with Crippen LogP contribution in [-0.4, -0.2) is 32.4 Å². The Labute approximate surface area is 133 Å². The Kier molecular flexibility index (Phi) is 6.14. The second kappa shape index (κ2) is 7.24. The SMILES string of the molecule is CC(C)(C)c1ccc(CNC(=O)C(N)CCS(C)(=O)=O)cc1. The normalized spacial score (nSPS) is 13.7. The maximum Gasteiger partial charge on any atom is 0.237 e. The van der Waals surface area contributed by atoms with Gasteiger partial charge in [-0.15, -0.1) is 0 Å². The van der Waals surface area contributed by atoms with Gasteiger partial charge in [0, 0.05) is 12.8 Å². The van der Waals surface area contributed by atoms with E-state index in [2.05, 4.69) is 26.1 Å². The minimum Gasteiger partial charge on any atom is -0.351 e. The number of hydrogen-bond acceptors (Lipinski definition) is 4. The van der Waals surface area contributed by atoms with Gasteiger partial charge in [0.1, 0.15) is 9.84 Å². The number of amides is 1. The highest BCUT2D eigenvalue weighted by atomic mass is 32.2. The second-order valence-corrected chi connectivity index (χ2v) is 8.95. The summed E-state index contributed by atoms with van der Waals surface area (Å²) in [7, 11) is -3.10. The van der Waals surface area contributed by atoms with Gasteiger partial charge in [0.15, 0.2) is 0 Å². The molecule has 0 aromatic heterocycles. The zero-order chi connectivity index (χ0) is 17.0. The number of sulfone groups is 1. The Hall–Kier alpha value is -1.40. The largest absolute Gasteiger partial charge is 0.351 e. The summed E-state index contributed by atoms with van der Waals surface area (Å²) < 4.78 is 22.1. The van der Waals surface area contributed by atoms with Crippen molar-refractivity contribution in [3.63, 3.8) is 0 Å². The Bertz CT molecular complexity index is 601. The van der Waals surface area contributed by atoms with Gasteiger partial charge in [-0.2, -0.15) is 0 Å². The zero-order valence-electron chi connectivity index (χ0n) is 13.7. The van der Waals surface area contributed by atoms with Crippen molar-refractivity contribution in [1.82, 2.24) is 5.32 Å². The summed E-state index contributed by atoms with van der Waals surface area (Å²) in [5, 5.41) is 2.73. The molecule has 0 aliphatic heterocycles. The maximum atomic E-state index is 11.8. The van der Waals surface area contributed by atoms with E-state index < -0.39 is 15.9 Å². The molecular formula is C16H26N2O3S. The lowest BCUT2D eigenvalue weighted by molar-refractivity contribution is -0.122. The zero-order valence-corrected chi connectivity index (χ0v) is 14.5. The van der Waals surface area contributed by atoms with Gasteiger partial charge in [-0.3, -0.25) is 4.79 Å². The molecule has 1 aromatic carbocycles. The van der Waals surface area contributed by atoms with Gasteiger partial charge in [0.05, 0.1) is 11.8 Å². The van der Waals surface area contributed by atoms with Crippen molar-refractivity contribution in [3.8, 4) is 0 Å². The van der Waals surface area contributed by atoms with Crippen LogP contribution in [0.1, 0.15) is 38.3 Å². The van der Waals surface area contributed by atoms with Gasteiger partial charge in [0.25, 0.3) is 0 Å². The predicted octanol–water partition coefficient (Wildman–Crippen LogP) is 1.36. The molecule has 0 heterocycles. The quantitative estimate of drug-likeness (QED) is 0.826. The smallest absolute Gasteiger partial charge is 0.237 e. The molecule has 0 bridgehead atoms. The van der Waals surface area contributed by atoms with E-state index in [1.165, 1.54) is 5.56 Å². The third-order valence-corrected chi connectivity index (χ3v) is 4.40. The molecule has 1 unspecified atom stereocenters. The molecule has 124 valence electrons. The molecule has 0 radical (unpaired) electrons. The van der Waals surface area contributed by atoms with Crippen LogP contribution in [0.3, 0.4) is 0 Å². The van der Waals surface area contributed by atoms with E-state index in [0.717, 1.165) is 11.8 Å². The van der Waals surface area contributed by atoms with Gasteiger partial charge in [-0.25, -0.2) is 8.42 Å². The number of carbonyl (C=O) groups is 1. The number of carbonyl (C=O) groups excluding carboxylic acids is 1. The average Bonchev–Trinajstić information content (AvgIpc) is 2.40. The number of rotatable bonds is 6. The van der Waals surface area contributed by atoms with Crippen LogP contribution < -0.4 is 11.1 Å². The third kappa shape index (κ3) is 6.58. The minimum atomic E-state index is -3.10. The molecule has 0 saturated heterocycles. The van der Waals surface area contributed by atoms with Crippen LogP contribution in [0.2, 0.25) is 0 Å². The lowest BCUT2D eigenvalue weighted by atomic mass is 9.87. The minimum absolute atomic E-state index is 0.0815. The molecule has 1 rings (SSSR count). The van der Waals surface area contributed by atoms with Gasteiger partial charge in [0.2, 0.25) is 5.91 Å². The van der Waals surface area contributed by atoms with E-state index in [9.17, 15) is 13.2 Å². The van der Waals surface area contributed by atoms with E-state index in [4.69, 9.17) is 5.73 Å². The fourth-order valence-electron chi connectivity index (χ4n) is 1.92. The predicted molar refractivity (Wildman–Crippen MR) is 89.3 cm³/mol. The van der Waals surface area contributed by atoms with E-state index in [1.54, 1.807) is 0 Å². The second-order valence-electron chi connectivity index (χ2n) is 6.69. The lowest BCUT2D eigenvalue weighted by Crippen LogP contribution is -2.41. The van der Waals surface area contributed by atoms with E-state index in [0.29, 0.717) is 6.54 Å². The fourth-order valence-corrected chi connectivity index (χ4v) is 2.60. The van der Waals surface area contributed by atoms with Crippen molar-refractivity contribution >= 4 is 15.7 Å². The van der Waals surface area contributed by atoms with Crippen molar-refractivity contribution in [2.24, 2.45) is 5.73 Å². The number of nitrogens with two attached hydrogens (primary N) is 1. The van der Waals surface area contributed by atoms with Gasteiger partial charge < -0.3 is 11.1 Å². The van der Waals surface area contributed by atoms with Crippen LogP contribution in [0, 0.1) is 0 Å². The Balaban J connectivity index is 2.50. The summed E-state index contributed by atoms with van der Waals surface area (Å²) in [5.41, 5.74) is 8.00. The number of hydrogen-bond donors (Lipinski definition) is 2. The van der Waals surface area contributed by atoms with E-state index in [-0.39, 0.29) is 23.5 Å². The topological polar surface area (TPSA) is 89.3 Å². The molecule has 0 aliphatic rings. The highest BCUT2D eigenvalue weighted by molar-refractivity contribution is 7.90. The maximum absolute atomic E-state index is 11.8. The highest BCUT2D eigenvalue weighted by Gasteiger charge is 2.16. The first-order valence-corrected chi connectivity index (χ1v) is 9.35. The summed E-state index contributed by atoms with van der Waals surface area (Å²) in [6.45, 7) is 6.82. The summed E-state index contributed by atoms with van der Waals surface area (Å²) in [5.74, 6) is -0.412. The van der Waals surface area contributed by atoms with Crippen molar-refractivity contribution in [1.29, 1.82) is 0 Å².